The van der Waals surface area contributed by atoms with Crippen LogP contribution in [0.5, 0.6) is 5.75 Å². The highest BCUT2D eigenvalue weighted by Gasteiger charge is 2.29. The lowest BCUT2D eigenvalue weighted by Crippen LogP contribution is -2.10. The molecule has 1 aromatic carbocycles. The number of aromatic carboxylic acids is 1. The van der Waals surface area contributed by atoms with E-state index in [0.717, 1.165) is 22.4 Å². The van der Waals surface area contributed by atoms with Crippen LogP contribution in [0.2, 0.25) is 0 Å². The Kier molecular flexibility index (Phi) is 2.16. The zero-order chi connectivity index (χ0) is 12.9. The fourth-order valence-corrected chi connectivity index (χ4v) is 2.12. The molecule has 0 saturated carbocycles. The minimum atomic E-state index is -1.10. The van der Waals surface area contributed by atoms with Crippen molar-refractivity contribution in [2.24, 2.45) is 0 Å². The number of nitrogens with zero attached hydrogens (tertiary/aromatic N) is 1. The Balaban J connectivity index is 2.25. The average Bonchev–Trinajstić information content (AvgIpc) is 2.77. The minimum Gasteiger partial charge on any atom is -0.488 e. The summed E-state index contributed by atoms with van der Waals surface area (Å²) in [7, 11) is 0. The topological polar surface area (TPSA) is 72.6 Å². The van der Waals surface area contributed by atoms with E-state index in [2.05, 4.69) is 5.16 Å². The number of fused-ring (bicyclic) bond motifs is 3. The maximum atomic E-state index is 11.0. The van der Waals surface area contributed by atoms with Crippen molar-refractivity contribution < 1.29 is 19.2 Å². The molecule has 0 fully saturated rings. The number of carbonyl (C=O) groups is 1. The second-order valence-corrected chi connectivity index (χ2v) is 4.32. The molecule has 92 valence electrons. The van der Waals surface area contributed by atoms with E-state index in [9.17, 15) is 4.79 Å². The Morgan fingerprint density at radius 1 is 1.39 bits per heavy atom. The average molecular weight is 245 g/mol. The summed E-state index contributed by atoms with van der Waals surface area (Å²) in [6, 6.07) is 3.82. The number of carboxylic acid groups (broad SMARTS) is 1. The van der Waals surface area contributed by atoms with Gasteiger partial charge in [0.2, 0.25) is 0 Å². The molecule has 0 saturated heterocycles. The van der Waals surface area contributed by atoms with Crippen molar-refractivity contribution in [2.45, 2.75) is 20.5 Å². The van der Waals surface area contributed by atoms with Crippen molar-refractivity contribution in [3.05, 3.63) is 34.5 Å². The molecule has 0 unspecified atom stereocenters. The zero-order valence-corrected chi connectivity index (χ0v) is 9.98. The minimum absolute atomic E-state index is 0.0751. The molecule has 0 amide bonds. The first-order valence-corrected chi connectivity index (χ1v) is 5.55. The highest BCUT2D eigenvalue weighted by molar-refractivity contribution is 5.90. The normalized spacial score (nSPS) is 12.6. The number of benzene rings is 1. The molecule has 2 aromatic rings. The summed E-state index contributed by atoms with van der Waals surface area (Å²) in [6.45, 7) is 4.14. The van der Waals surface area contributed by atoms with Crippen LogP contribution in [0.15, 0.2) is 16.7 Å². The number of hydrogen-bond donors (Lipinski definition) is 1. The van der Waals surface area contributed by atoms with Gasteiger partial charge in [-0.05, 0) is 31.0 Å². The molecule has 0 spiro atoms. The molecule has 0 bridgehead atoms. The van der Waals surface area contributed by atoms with Crippen molar-refractivity contribution in [2.75, 3.05) is 0 Å². The summed E-state index contributed by atoms with van der Waals surface area (Å²) in [5.74, 6) is 0.142. The summed E-state index contributed by atoms with van der Waals surface area (Å²) in [5, 5.41) is 12.6. The van der Waals surface area contributed by atoms with Crippen LogP contribution >= 0.6 is 0 Å². The molecule has 1 aliphatic heterocycles. The zero-order valence-electron chi connectivity index (χ0n) is 9.98. The van der Waals surface area contributed by atoms with Gasteiger partial charge in [0.05, 0.1) is 11.1 Å². The van der Waals surface area contributed by atoms with Gasteiger partial charge in [0.25, 0.3) is 0 Å². The second kappa shape index (κ2) is 3.60. The lowest BCUT2D eigenvalue weighted by atomic mass is 9.98. The van der Waals surface area contributed by atoms with Gasteiger partial charge in [0.15, 0.2) is 11.5 Å². The van der Waals surface area contributed by atoms with Gasteiger partial charge in [-0.3, -0.25) is 0 Å². The molecule has 1 N–H and O–H groups in total. The van der Waals surface area contributed by atoms with Crippen molar-refractivity contribution in [3.63, 3.8) is 0 Å². The highest BCUT2D eigenvalue weighted by atomic mass is 16.5. The number of aryl methyl sites for hydroxylation is 1. The number of aromatic nitrogens is 1. The summed E-state index contributed by atoms with van der Waals surface area (Å²) in [5.41, 5.74) is 3.34. The predicted molar refractivity (Wildman–Crippen MR) is 62.7 cm³/mol. The molecule has 0 atom stereocenters. The van der Waals surface area contributed by atoms with Gasteiger partial charge in [0.1, 0.15) is 12.4 Å². The van der Waals surface area contributed by atoms with Gasteiger partial charge in [-0.1, -0.05) is 11.2 Å². The van der Waals surface area contributed by atoms with Crippen LogP contribution in [0.4, 0.5) is 0 Å². The molecule has 5 nitrogen and oxygen atoms in total. The third-order valence-electron chi connectivity index (χ3n) is 3.27. The van der Waals surface area contributed by atoms with Crippen LogP contribution in [0, 0.1) is 13.8 Å². The van der Waals surface area contributed by atoms with Crippen LogP contribution in [0.1, 0.15) is 27.2 Å². The lowest BCUT2D eigenvalue weighted by Gasteiger charge is -2.19. The third-order valence-corrected chi connectivity index (χ3v) is 3.27. The Morgan fingerprint density at radius 3 is 2.89 bits per heavy atom. The van der Waals surface area contributed by atoms with Gasteiger partial charge in [-0.15, -0.1) is 0 Å². The number of hydrogen-bond acceptors (Lipinski definition) is 4. The molecule has 0 radical (unpaired) electrons. The largest absolute Gasteiger partial charge is 0.488 e. The van der Waals surface area contributed by atoms with Crippen molar-refractivity contribution in [1.82, 2.24) is 5.16 Å². The monoisotopic (exact) mass is 245 g/mol. The standard InChI is InChI=1S/C13H11NO4/c1-6-3-4-8-11(7(6)2)17-5-9-10(13(15)16)14-18-12(8)9/h3-4H,5H2,1-2H3,(H,15,16). The summed E-state index contributed by atoms with van der Waals surface area (Å²) in [6.07, 6.45) is 0. The molecule has 1 aliphatic rings. The van der Waals surface area contributed by atoms with E-state index in [4.69, 9.17) is 14.4 Å². The first-order valence-electron chi connectivity index (χ1n) is 5.55. The van der Waals surface area contributed by atoms with Crippen LogP contribution in [0.25, 0.3) is 11.3 Å². The van der Waals surface area contributed by atoms with E-state index in [0.29, 0.717) is 11.3 Å². The maximum Gasteiger partial charge on any atom is 0.358 e. The lowest BCUT2D eigenvalue weighted by molar-refractivity contribution is 0.0683. The van der Waals surface area contributed by atoms with Crippen molar-refractivity contribution in [1.29, 1.82) is 0 Å². The molecule has 5 heteroatoms. The Morgan fingerprint density at radius 2 is 2.17 bits per heavy atom. The smallest absolute Gasteiger partial charge is 0.358 e. The predicted octanol–water partition coefficient (Wildman–Crippen LogP) is 2.55. The Labute approximate surface area is 103 Å². The first-order chi connectivity index (χ1) is 8.59. The van der Waals surface area contributed by atoms with E-state index in [1.165, 1.54) is 0 Å². The maximum absolute atomic E-state index is 11.0. The number of ether oxygens (including phenoxy) is 1. The fraction of sp³-hybridized carbons (Fsp3) is 0.231. The van der Waals surface area contributed by atoms with Crippen LogP contribution in [-0.2, 0) is 6.61 Å². The second-order valence-electron chi connectivity index (χ2n) is 4.32. The molecule has 0 aliphatic carbocycles. The molecule has 18 heavy (non-hydrogen) atoms. The molecule has 1 aromatic heterocycles. The van der Waals surface area contributed by atoms with E-state index < -0.39 is 5.97 Å². The summed E-state index contributed by atoms with van der Waals surface area (Å²) >= 11 is 0. The van der Waals surface area contributed by atoms with Gasteiger partial charge >= 0.3 is 5.97 Å². The fourth-order valence-electron chi connectivity index (χ4n) is 2.12. The summed E-state index contributed by atoms with van der Waals surface area (Å²) < 4.78 is 10.8. The van der Waals surface area contributed by atoms with Crippen LogP contribution in [-0.4, -0.2) is 16.2 Å². The molecule has 2 heterocycles. The van der Waals surface area contributed by atoms with Crippen LogP contribution < -0.4 is 4.74 Å². The third kappa shape index (κ3) is 1.33. The highest BCUT2D eigenvalue weighted by Crippen LogP contribution is 2.41. The van der Waals surface area contributed by atoms with Crippen LogP contribution in [0.3, 0.4) is 0 Å². The molecular weight excluding hydrogens is 234 g/mol. The van der Waals surface area contributed by atoms with Gasteiger partial charge in [-0.25, -0.2) is 4.79 Å². The van der Waals surface area contributed by atoms with Crippen molar-refractivity contribution in [3.8, 4) is 17.1 Å². The summed E-state index contributed by atoms with van der Waals surface area (Å²) in [4.78, 5) is 11.0. The number of rotatable bonds is 1. The number of carboxylic acids is 1. The molecule has 3 rings (SSSR count). The van der Waals surface area contributed by atoms with Gasteiger partial charge in [0, 0.05) is 0 Å². The Hall–Kier alpha value is -2.30. The van der Waals surface area contributed by atoms with E-state index in [-0.39, 0.29) is 12.3 Å². The quantitative estimate of drug-likeness (QED) is 0.835. The SMILES string of the molecule is Cc1ccc2c(c1C)OCc1c(C(=O)O)noc1-2. The first kappa shape index (κ1) is 10.8. The van der Waals surface area contributed by atoms with Crippen molar-refractivity contribution >= 4 is 5.97 Å². The molecular formula is C13H11NO4. The van der Waals surface area contributed by atoms with E-state index >= 15 is 0 Å². The van der Waals surface area contributed by atoms with Gasteiger partial charge in [-0.2, -0.15) is 0 Å². The van der Waals surface area contributed by atoms with E-state index in [1.807, 2.05) is 26.0 Å². The Bertz CT molecular complexity index is 657. The van der Waals surface area contributed by atoms with Gasteiger partial charge < -0.3 is 14.4 Å². The van der Waals surface area contributed by atoms with E-state index in [1.54, 1.807) is 0 Å².